The third-order valence-corrected chi connectivity index (χ3v) is 6.16. The number of nitrogens with one attached hydrogen (secondary N) is 2. The minimum atomic E-state index is -0.805. The van der Waals surface area contributed by atoms with Gasteiger partial charge < -0.3 is 11.1 Å². The molecule has 0 radical (unpaired) electrons. The molecule has 4 rings (SSSR count). The zero-order valence-electron chi connectivity index (χ0n) is 17.3. The minimum absolute atomic E-state index is 0.151. The van der Waals surface area contributed by atoms with Crippen molar-refractivity contribution in [1.82, 2.24) is 25.1 Å². The predicted octanol–water partition coefficient (Wildman–Crippen LogP) is 0.564. The molecule has 0 bridgehead atoms. The first kappa shape index (κ1) is 21.7. The van der Waals surface area contributed by atoms with E-state index in [1.165, 1.54) is 15.9 Å². The lowest BCUT2D eigenvalue weighted by Crippen LogP contribution is -2.45. The van der Waals surface area contributed by atoms with Crippen LogP contribution in [-0.2, 0) is 27.3 Å². The van der Waals surface area contributed by atoms with Crippen molar-refractivity contribution in [3.05, 3.63) is 44.4 Å². The number of para-hydroxylation sites is 1. The van der Waals surface area contributed by atoms with Gasteiger partial charge in [0.2, 0.25) is 17.7 Å². The SMILES string of the molecule is Cc1nc2c(NC(=O)CCc3nnc(CN)s3)cccc2c(=O)n1C1CCC(=O)NC1=O. The number of amides is 3. The summed E-state index contributed by atoms with van der Waals surface area (Å²) in [6, 6.07) is 4.10. The van der Waals surface area contributed by atoms with Crippen molar-refractivity contribution in [3.8, 4) is 0 Å². The van der Waals surface area contributed by atoms with Crippen LogP contribution in [0.15, 0.2) is 23.0 Å². The Balaban J connectivity index is 1.58. The van der Waals surface area contributed by atoms with Crippen LogP contribution in [0.1, 0.15) is 41.1 Å². The molecule has 4 N–H and O–H groups in total. The van der Waals surface area contributed by atoms with Crippen LogP contribution in [0.5, 0.6) is 0 Å². The first-order valence-corrected chi connectivity index (χ1v) is 10.9. The zero-order valence-corrected chi connectivity index (χ0v) is 18.1. The molecule has 3 amide bonds. The van der Waals surface area contributed by atoms with E-state index in [1.807, 2.05) is 0 Å². The van der Waals surface area contributed by atoms with Crippen molar-refractivity contribution in [2.24, 2.45) is 5.73 Å². The van der Waals surface area contributed by atoms with Gasteiger partial charge >= 0.3 is 0 Å². The van der Waals surface area contributed by atoms with E-state index in [0.29, 0.717) is 35.0 Å². The average molecular weight is 456 g/mol. The van der Waals surface area contributed by atoms with Crippen molar-refractivity contribution >= 4 is 45.6 Å². The van der Waals surface area contributed by atoms with Crippen LogP contribution in [0.2, 0.25) is 0 Å². The Morgan fingerprint density at radius 1 is 1.28 bits per heavy atom. The predicted molar refractivity (Wildman–Crippen MR) is 117 cm³/mol. The molecule has 0 saturated carbocycles. The lowest BCUT2D eigenvalue weighted by molar-refractivity contribution is -0.135. The van der Waals surface area contributed by atoms with Gasteiger partial charge in [0.15, 0.2) is 0 Å². The molecule has 1 saturated heterocycles. The van der Waals surface area contributed by atoms with Crippen LogP contribution >= 0.6 is 11.3 Å². The lowest BCUT2D eigenvalue weighted by atomic mass is 10.1. The van der Waals surface area contributed by atoms with Crippen molar-refractivity contribution in [3.63, 3.8) is 0 Å². The number of aryl methyl sites for hydroxylation is 2. The van der Waals surface area contributed by atoms with E-state index in [1.54, 1.807) is 25.1 Å². The second-order valence-electron chi connectivity index (χ2n) is 7.34. The van der Waals surface area contributed by atoms with Gasteiger partial charge in [-0.2, -0.15) is 0 Å². The molecule has 32 heavy (non-hydrogen) atoms. The van der Waals surface area contributed by atoms with Crippen LogP contribution in [0.25, 0.3) is 10.9 Å². The highest BCUT2D eigenvalue weighted by molar-refractivity contribution is 7.11. The number of benzene rings is 1. The number of carbonyl (C=O) groups is 3. The van der Waals surface area contributed by atoms with Crippen LogP contribution in [0.4, 0.5) is 5.69 Å². The Hall–Kier alpha value is -3.51. The number of fused-ring (bicyclic) bond motifs is 1. The van der Waals surface area contributed by atoms with E-state index in [4.69, 9.17) is 5.73 Å². The topological polar surface area (TPSA) is 162 Å². The smallest absolute Gasteiger partial charge is 0.262 e. The summed E-state index contributed by atoms with van der Waals surface area (Å²) < 4.78 is 1.31. The summed E-state index contributed by atoms with van der Waals surface area (Å²) in [6.07, 6.45) is 0.981. The first-order chi connectivity index (χ1) is 15.4. The van der Waals surface area contributed by atoms with Crippen LogP contribution < -0.4 is 21.9 Å². The van der Waals surface area contributed by atoms with Crippen LogP contribution in [-0.4, -0.2) is 37.5 Å². The fourth-order valence-electron chi connectivity index (χ4n) is 3.63. The Bertz CT molecular complexity index is 1280. The number of carbonyl (C=O) groups excluding carboxylic acids is 3. The third-order valence-electron chi connectivity index (χ3n) is 5.15. The highest BCUT2D eigenvalue weighted by Gasteiger charge is 2.30. The summed E-state index contributed by atoms with van der Waals surface area (Å²) in [5.41, 5.74) is 5.87. The average Bonchev–Trinajstić information content (AvgIpc) is 3.22. The molecule has 1 atom stereocenters. The summed E-state index contributed by atoms with van der Waals surface area (Å²) >= 11 is 1.37. The van der Waals surface area contributed by atoms with Crippen molar-refractivity contribution in [1.29, 1.82) is 0 Å². The molecule has 0 aliphatic carbocycles. The van der Waals surface area contributed by atoms with E-state index >= 15 is 0 Å². The normalized spacial score (nSPS) is 16.2. The number of hydrogen-bond acceptors (Lipinski definition) is 9. The van der Waals surface area contributed by atoms with E-state index in [0.717, 1.165) is 5.01 Å². The quantitative estimate of drug-likeness (QED) is 0.454. The number of anilines is 1. The molecular weight excluding hydrogens is 434 g/mol. The molecule has 1 aliphatic rings. The maximum absolute atomic E-state index is 13.2. The summed E-state index contributed by atoms with van der Waals surface area (Å²) in [5, 5.41) is 14.7. The van der Waals surface area contributed by atoms with Gasteiger partial charge in [-0.25, -0.2) is 4.98 Å². The van der Waals surface area contributed by atoms with Crippen molar-refractivity contribution in [2.45, 2.75) is 45.2 Å². The molecule has 1 aromatic carbocycles. The molecular formula is C20H21N7O4S. The fraction of sp³-hybridized carbons (Fsp3) is 0.350. The van der Waals surface area contributed by atoms with Crippen molar-refractivity contribution in [2.75, 3.05) is 5.32 Å². The van der Waals surface area contributed by atoms with E-state index in [2.05, 4.69) is 25.8 Å². The van der Waals surface area contributed by atoms with Gasteiger partial charge in [0.25, 0.3) is 5.56 Å². The molecule has 0 spiro atoms. The summed E-state index contributed by atoms with van der Waals surface area (Å²) in [5.74, 6) is -0.812. The number of imide groups is 1. The number of nitrogens with zero attached hydrogens (tertiary/aromatic N) is 4. The second kappa shape index (κ2) is 8.93. The maximum atomic E-state index is 13.2. The molecule has 2 aromatic heterocycles. The summed E-state index contributed by atoms with van der Waals surface area (Å²) in [6.45, 7) is 1.93. The van der Waals surface area contributed by atoms with E-state index < -0.39 is 17.5 Å². The highest BCUT2D eigenvalue weighted by Crippen LogP contribution is 2.23. The molecule has 3 heterocycles. The largest absolute Gasteiger partial charge is 0.324 e. The molecule has 11 nitrogen and oxygen atoms in total. The highest BCUT2D eigenvalue weighted by atomic mass is 32.1. The van der Waals surface area contributed by atoms with Gasteiger partial charge in [-0.05, 0) is 25.5 Å². The molecule has 12 heteroatoms. The van der Waals surface area contributed by atoms with Gasteiger partial charge in [-0.1, -0.05) is 6.07 Å². The van der Waals surface area contributed by atoms with Crippen LogP contribution in [0.3, 0.4) is 0 Å². The molecule has 1 unspecified atom stereocenters. The Kier molecular flexibility index (Phi) is 6.06. The minimum Gasteiger partial charge on any atom is -0.324 e. The zero-order chi connectivity index (χ0) is 22.8. The Labute approximate surface area is 186 Å². The monoisotopic (exact) mass is 455 g/mol. The van der Waals surface area contributed by atoms with E-state index in [9.17, 15) is 19.2 Å². The van der Waals surface area contributed by atoms with Gasteiger partial charge in [0.1, 0.15) is 27.4 Å². The van der Waals surface area contributed by atoms with Gasteiger partial charge in [-0.15, -0.1) is 21.5 Å². The Morgan fingerprint density at radius 2 is 2.06 bits per heavy atom. The molecule has 1 aliphatic heterocycles. The maximum Gasteiger partial charge on any atom is 0.262 e. The van der Waals surface area contributed by atoms with Crippen LogP contribution in [0, 0.1) is 6.92 Å². The summed E-state index contributed by atoms with van der Waals surface area (Å²) in [4.78, 5) is 53.9. The number of hydrogen-bond donors (Lipinski definition) is 3. The number of aromatic nitrogens is 4. The molecule has 1 fully saturated rings. The third kappa shape index (κ3) is 4.27. The molecule has 166 valence electrons. The van der Waals surface area contributed by atoms with Gasteiger partial charge in [-0.3, -0.25) is 29.1 Å². The Morgan fingerprint density at radius 3 is 2.78 bits per heavy atom. The summed E-state index contributed by atoms with van der Waals surface area (Å²) in [7, 11) is 0. The number of nitrogens with two attached hydrogens (primary N) is 1. The lowest BCUT2D eigenvalue weighted by Gasteiger charge is -2.24. The van der Waals surface area contributed by atoms with E-state index in [-0.39, 0.29) is 36.5 Å². The number of rotatable bonds is 6. The second-order valence-corrected chi connectivity index (χ2v) is 8.49. The fourth-order valence-corrected chi connectivity index (χ4v) is 4.35. The number of piperidine rings is 1. The molecule has 3 aromatic rings. The standard InChI is InChI=1S/C20H21N7O4S/c1-10-22-18-11(20(31)27(10)13-5-6-15(29)24-19(13)30)3-2-4-12(18)23-14(28)7-8-16-25-26-17(9-21)32-16/h2-4,13H,5-9,21H2,1H3,(H,23,28)(H,24,29,30). The first-order valence-electron chi connectivity index (χ1n) is 10.0. The van der Waals surface area contributed by atoms with Gasteiger partial charge in [0.05, 0.1) is 11.1 Å². The van der Waals surface area contributed by atoms with Crippen molar-refractivity contribution < 1.29 is 14.4 Å². The van der Waals surface area contributed by atoms with Gasteiger partial charge in [0, 0.05) is 25.8 Å².